The standard InChI is InChI=1S/C25H42O2/c1-2-3-8-11-22-12-14-23(15-13-22)24-16-18-25(19-17-24)27-21-10-7-5-4-6-9-20-26/h16-19,22-23,26H,2-15,20-21H2,1H3. The molecule has 1 saturated carbocycles. The van der Waals surface area contributed by atoms with Gasteiger partial charge in [0.25, 0.3) is 0 Å². The van der Waals surface area contributed by atoms with Crippen LogP contribution in [0.15, 0.2) is 24.3 Å². The summed E-state index contributed by atoms with van der Waals surface area (Å²) in [6.45, 7) is 3.45. The molecule has 1 aromatic carbocycles. The van der Waals surface area contributed by atoms with Crippen LogP contribution < -0.4 is 4.74 Å². The first kappa shape index (κ1) is 22.3. The largest absolute Gasteiger partial charge is 0.494 e. The monoisotopic (exact) mass is 374 g/mol. The lowest BCUT2D eigenvalue weighted by molar-refractivity contribution is 0.280. The van der Waals surface area contributed by atoms with Crippen molar-refractivity contribution in [2.45, 2.75) is 103 Å². The van der Waals surface area contributed by atoms with Crippen LogP contribution >= 0.6 is 0 Å². The maximum atomic E-state index is 8.77. The molecule has 0 heterocycles. The Bertz CT molecular complexity index is 460. The maximum Gasteiger partial charge on any atom is 0.119 e. The first-order valence-electron chi connectivity index (χ1n) is 11.7. The summed E-state index contributed by atoms with van der Waals surface area (Å²) in [5, 5.41) is 8.77. The number of hydrogen-bond acceptors (Lipinski definition) is 2. The highest BCUT2D eigenvalue weighted by atomic mass is 16.5. The van der Waals surface area contributed by atoms with Crippen molar-refractivity contribution < 1.29 is 9.84 Å². The lowest BCUT2D eigenvalue weighted by Crippen LogP contribution is -2.13. The summed E-state index contributed by atoms with van der Waals surface area (Å²) in [6, 6.07) is 8.94. The molecule has 2 heteroatoms. The molecule has 1 N–H and O–H groups in total. The number of hydrogen-bond donors (Lipinski definition) is 1. The third-order valence-electron chi connectivity index (χ3n) is 6.24. The molecule has 154 valence electrons. The van der Waals surface area contributed by atoms with E-state index in [9.17, 15) is 0 Å². The summed E-state index contributed by atoms with van der Waals surface area (Å²) in [5.74, 6) is 2.77. The highest BCUT2D eigenvalue weighted by Crippen LogP contribution is 2.38. The fourth-order valence-electron chi connectivity index (χ4n) is 4.41. The van der Waals surface area contributed by atoms with Gasteiger partial charge in [0.2, 0.25) is 0 Å². The zero-order chi connectivity index (χ0) is 19.2. The van der Waals surface area contributed by atoms with Gasteiger partial charge in [0.1, 0.15) is 5.75 Å². The number of benzene rings is 1. The van der Waals surface area contributed by atoms with Gasteiger partial charge in [-0.25, -0.2) is 0 Å². The van der Waals surface area contributed by atoms with Crippen LogP contribution in [0.3, 0.4) is 0 Å². The summed E-state index contributed by atoms with van der Waals surface area (Å²) in [4.78, 5) is 0. The highest BCUT2D eigenvalue weighted by Gasteiger charge is 2.21. The van der Waals surface area contributed by atoms with Gasteiger partial charge in [-0.05, 0) is 68.1 Å². The Hall–Kier alpha value is -1.02. The Balaban J connectivity index is 1.58. The van der Waals surface area contributed by atoms with E-state index in [-0.39, 0.29) is 0 Å². The normalized spacial score (nSPS) is 19.9. The lowest BCUT2D eigenvalue weighted by atomic mass is 9.77. The summed E-state index contributed by atoms with van der Waals surface area (Å²) in [5.41, 5.74) is 1.51. The lowest BCUT2D eigenvalue weighted by Gasteiger charge is -2.29. The van der Waals surface area contributed by atoms with Crippen molar-refractivity contribution in [2.75, 3.05) is 13.2 Å². The molecule has 27 heavy (non-hydrogen) atoms. The molecule has 1 aromatic rings. The second kappa shape index (κ2) is 14.0. The van der Waals surface area contributed by atoms with Gasteiger partial charge >= 0.3 is 0 Å². The molecule has 0 saturated heterocycles. The smallest absolute Gasteiger partial charge is 0.119 e. The van der Waals surface area contributed by atoms with Gasteiger partial charge in [-0.2, -0.15) is 0 Å². The van der Waals surface area contributed by atoms with Crippen molar-refractivity contribution in [3.05, 3.63) is 29.8 Å². The van der Waals surface area contributed by atoms with E-state index in [4.69, 9.17) is 9.84 Å². The Morgan fingerprint density at radius 3 is 2.15 bits per heavy atom. The van der Waals surface area contributed by atoms with E-state index in [0.717, 1.165) is 43.5 Å². The van der Waals surface area contributed by atoms with E-state index in [2.05, 4.69) is 31.2 Å². The van der Waals surface area contributed by atoms with Crippen molar-refractivity contribution in [1.29, 1.82) is 0 Å². The van der Waals surface area contributed by atoms with Crippen LogP contribution in [0.4, 0.5) is 0 Å². The average molecular weight is 375 g/mol. The summed E-state index contributed by atoms with van der Waals surface area (Å²) >= 11 is 0. The van der Waals surface area contributed by atoms with Gasteiger partial charge in [-0.15, -0.1) is 0 Å². The van der Waals surface area contributed by atoms with Gasteiger partial charge in [0.05, 0.1) is 6.61 Å². The minimum Gasteiger partial charge on any atom is -0.494 e. The highest BCUT2D eigenvalue weighted by molar-refractivity contribution is 5.29. The SMILES string of the molecule is CCCCCC1CCC(c2ccc(OCCCCCCCCO)cc2)CC1. The first-order valence-corrected chi connectivity index (χ1v) is 11.7. The fourth-order valence-corrected chi connectivity index (χ4v) is 4.41. The van der Waals surface area contributed by atoms with E-state index in [0.29, 0.717) is 6.61 Å². The van der Waals surface area contributed by atoms with Crippen LogP contribution in [0.2, 0.25) is 0 Å². The summed E-state index contributed by atoms with van der Waals surface area (Å²) < 4.78 is 5.91. The molecule has 0 amide bonds. The molecular formula is C25H42O2. The van der Waals surface area contributed by atoms with Gasteiger partial charge in [-0.1, -0.05) is 70.4 Å². The van der Waals surface area contributed by atoms with Crippen molar-refractivity contribution in [3.8, 4) is 5.75 Å². The topological polar surface area (TPSA) is 29.5 Å². The van der Waals surface area contributed by atoms with Crippen molar-refractivity contribution in [2.24, 2.45) is 5.92 Å². The van der Waals surface area contributed by atoms with Crippen LogP contribution in [0.5, 0.6) is 5.75 Å². The molecule has 1 aliphatic rings. The van der Waals surface area contributed by atoms with Gasteiger partial charge in [-0.3, -0.25) is 0 Å². The zero-order valence-electron chi connectivity index (χ0n) is 17.6. The van der Waals surface area contributed by atoms with E-state index in [1.165, 1.54) is 76.2 Å². The third-order valence-corrected chi connectivity index (χ3v) is 6.24. The van der Waals surface area contributed by atoms with Gasteiger partial charge in [0.15, 0.2) is 0 Å². The summed E-state index contributed by atoms with van der Waals surface area (Å²) in [6.07, 6.45) is 18.2. The molecule has 2 nitrogen and oxygen atoms in total. The van der Waals surface area contributed by atoms with Crippen molar-refractivity contribution in [1.82, 2.24) is 0 Å². The minimum atomic E-state index is 0.333. The van der Waals surface area contributed by atoms with E-state index >= 15 is 0 Å². The molecule has 0 atom stereocenters. The van der Waals surface area contributed by atoms with E-state index in [1.807, 2.05) is 0 Å². The summed E-state index contributed by atoms with van der Waals surface area (Å²) in [7, 11) is 0. The van der Waals surface area contributed by atoms with E-state index < -0.39 is 0 Å². The fraction of sp³-hybridized carbons (Fsp3) is 0.760. The minimum absolute atomic E-state index is 0.333. The molecule has 0 bridgehead atoms. The second-order valence-corrected chi connectivity index (χ2v) is 8.48. The number of aliphatic hydroxyl groups is 1. The van der Waals surface area contributed by atoms with Crippen LogP contribution in [0, 0.1) is 5.92 Å². The molecular weight excluding hydrogens is 332 g/mol. The number of aliphatic hydroxyl groups excluding tert-OH is 1. The maximum absolute atomic E-state index is 8.77. The predicted molar refractivity (Wildman–Crippen MR) is 116 cm³/mol. The quantitative estimate of drug-likeness (QED) is 0.347. The predicted octanol–water partition coefficient (Wildman–Crippen LogP) is 7.25. The van der Waals surface area contributed by atoms with Crippen LogP contribution in [0.1, 0.15) is 108 Å². The molecule has 1 aliphatic carbocycles. The molecule has 2 rings (SSSR count). The number of unbranched alkanes of at least 4 members (excludes halogenated alkanes) is 7. The number of rotatable bonds is 14. The Labute approximate surface area is 167 Å². The Kier molecular flexibility index (Phi) is 11.6. The van der Waals surface area contributed by atoms with Crippen molar-refractivity contribution >= 4 is 0 Å². The molecule has 0 unspecified atom stereocenters. The Morgan fingerprint density at radius 1 is 0.815 bits per heavy atom. The first-order chi connectivity index (χ1) is 13.3. The van der Waals surface area contributed by atoms with Crippen LogP contribution in [-0.4, -0.2) is 18.3 Å². The zero-order valence-corrected chi connectivity index (χ0v) is 17.6. The van der Waals surface area contributed by atoms with Gasteiger partial charge in [0, 0.05) is 6.61 Å². The molecule has 0 aromatic heterocycles. The molecule has 1 fully saturated rings. The van der Waals surface area contributed by atoms with E-state index in [1.54, 1.807) is 0 Å². The molecule has 0 spiro atoms. The second-order valence-electron chi connectivity index (χ2n) is 8.48. The molecule has 0 aliphatic heterocycles. The number of ether oxygens (including phenoxy) is 1. The third kappa shape index (κ3) is 9.14. The van der Waals surface area contributed by atoms with Crippen molar-refractivity contribution in [3.63, 3.8) is 0 Å². The van der Waals surface area contributed by atoms with Crippen LogP contribution in [-0.2, 0) is 0 Å². The average Bonchev–Trinajstić information content (AvgIpc) is 2.71. The Morgan fingerprint density at radius 2 is 1.48 bits per heavy atom. The van der Waals surface area contributed by atoms with Crippen LogP contribution in [0.25, 0.3) is 0 Å². The molecule has 0 radical (unpaired) electrons. The van der Waals surface area contributed by atoms with Gasteiger partial charge < -0.3 is 9.84 Å².